The van der Waals surface area contributed by atoms with Crippen molar-refractivity contribution < 1.29 is 19.1 Å². The van der Waals surface area contributed by atoms with E-state index >= 15 is 0 Å². The molecular weight excluding hydrogens is 761 g/mol. The number of hydrogen-bond donors (Lipinski definition) is 0. The number of ether oxygens (including phenoxy) is 2. The van der Waals surface area contributed by atoms with E-state index in [2.05, 4.69) is 110 Å². The molecule has 6 aliphatic rings. The molecule has 0 saturated heterocycles. The van der Waals surface area contributed by atoms with Crippen LogP contribution >= 0.6 is 0 Å². The maximum Gasteiger partial charge on any atom is 0.305 e. The second-order valence-corrected chi connectivity index (χ2v) is 20.0. The molecular formula is C58H44O4. The van der Waals surface area contributed by atoms with Gasteiger partial charge in [-0.25, -0.2) is 0 Å². The first-order valence-electron chi connectivity index (χ1n) is 22.8. The summed E-state index contributed by atoms with van der Waals surface area (Å²) in [5, 5.41) is 17.8. The van der Waals surface area contributed by atoms with Gasteiger partial charge in [-0.15, -0.1) is 0 Å². The number of esters is 2. The van der Waals surface area contributed by atoms with Crippen molar-refractivity contribution in [3.63, 3.8) is 0 Å². The molecule has 0 aromatic heterocycles. The average molecular weight is 805 g/mol. The Labute approximate surface area is 359 Å². The van der Waals surface area contributed by atoms with Gasteiger partial charge in [0.15, 0.2) is 0 Å². The zero-order chi connectivity index (χ0) is 41.2. The Morgan fingerprint density at radius 2 is 1.39 bits per heavy atom. The standard InChI is InChI=1S/C58H44O4/c1-55(21-10-16-40(59)61-2,35-12-6-4-7-13-35)29-39-37-19-18-30-24-32-26-33-25-31-20-23-56-28-34-27-38(39)47-45(34)54-52-50-48(42(30)46(37)49(47)50)43(32)44(33)51(52)53(31)58(54,56)57(56,22-11-17-41(60)62-3)36-14-8-5-9-15-36/h4-9,12-15,18-20,23-25,28H,10-11,16-17,21-22,26-27,29H2,1-3H3. The molecule has 15 rings (SSSR count). The SMILES string of the molecule is COC(=O)CCCC(C)(Cc1c2c3c4c5c6c7c8c(cc9c7c7c(cc%10ccc1c1c%10c7c6c31)C9)C=CC1(C=C4C2)C(CCCC(=O)OC)(c2ccccc2)C851)c1ccccc1. The van der Waals surface area contributed by atoms with E-state index in [-0.39, 0.29) is 33.6 Å². The van der Waals surface area contributed by atoms with E-state index in [1.54, 1.807) is 11.1 Å². The Hall–Kier alpha value is -6.26. The minimum absolute atomic E-state index is 0.131. The molecule has 0 bridgehead atoms. The average Bonchev–Trinajstić information content (AvgIpc) is 3.82. The maximum atomic E-state index is 12.9. The summed E-state index contributed by atoms with van der Waals surface area (Å²) in [6.45, 7) is 2.43. The van der Waals surface area contributed by atoms with Gasteiger partial charge in [-0.3, -0.25) is 9.59 Å². The largest absolute Gasteiger partial charge is 0.469 e. The molecule has 9 aromatic rings. The van der Waals surface area contributed by atoms with Crippen LogP contribution in [0.1, 0.15) is 101 Å². The Morgan fingerprint density at radius 3 is 2.18 bits per heavy atom. The second-order valence-electron chi connectivity index (χ2n) is 20.0. The molecule has 9 aromatic carbocycles. The molecule has 4 heteroatoms. The van der Waals surface area contributed by atoms with E-state index in [0.717, 1.165) is 44.9 Å². The van der Waals surface area contributed by atoms with Crippen molar-refractivity contribution in [3.8, 4) is 0 Å². The van der Waals surface area contributed by atoms with E-state index in [1.807, 2.05) is 0 Å². The minimum atomic E-state index is -0.285. The van der Waals surface area contributed by atoms with Crippen LogP contribution in [0.5, 0.6) is 0 Å². The van der Waals surface area contributed by atoms with Crippen molar-refractivity contribution in [1.29, 1.82) is 0 Å². The predicted molar refractivity (Wildman–Crippen MR) is 249 cm³/mol. The molecule has 1 fully saturated rings. The van der Waals surface area contributed by atoms with Crippen molar-refractivity contribution in [1.82, 2.24) is 0 Å². The smallest absolute Gasteiger partial charge is 0.305 e. The number of carbonyl (C=O) groups is 2. The summed E-state index contributed by atoms with van der Waals surface area (Å²) in [5.74, 6) is -0.273. The van der Waals surface area contributed by atoms with Crippen LogP contribution in [-0.2, 0) is 54.6 Å². The molecule has 0 amide bonds. The third kappa shape index (κ3) is 3.40. The normalized spacial score (nSPS) is 23.6. The summed E-state index contributed by atoms with van der Waals surface area (Å²) < 4.78 is 10.4. The van der Waals surface area contributed by atoms with Gasteiger partial charge in [0.1, 0.15) is 0 Å². The Bertz CT molecular complexity index is 3630. The van der Waals surface area contributed by atoms with Gasteiger partial charge < -0.3 is 9.47 Å². The quantitative estimate of drug-likeness (QED) is 0.0912. The molecule has 4 unspecified atom stereocenters. The molecule has 0 radical (unpaired) electrons. The van der Waals surface area contributed by atoms with E-state index in [4.69, 9.17) is 9.47 Å². The second kappa shape index (κ2) is 10.8. The van der Waals surface area contributed by atoms with Gasteiger partial charge in [-0.05, 0) is 176 Å². The van der Waals surface area contributed by atoms with Gasteiger partial charge in [-0.1, -0.05) is 110 Å². The Kier molecular flexibility index (Phi) is 6.01. The highest BCUT2D eigenvalue weighted by Crippen LogP contribution is 2.91. The van der Waals surface area contributed by atoms with Crippen molar-refractivity contribution in [2.75, 3.05) is 14.2 Å². The van der Waals surface area contributed by atoms with Gasteiger partial charge in [-0.2, -0.15) is 0 Å². The molecule has 4 nitrogen and oxygen atoms in total. The molecule has 0 aliphatic heterocycles. The van der Waals surface area contributed by atoms with Gasteiger partial charge in [0, 0.05) is 29.1 Å². The lowest BCUT2D eigenvalue weighted by atomic mass is 9.70. The lowest BCUT2D eigenvalue weighted by molar-refractivity contribution is -0.141. The van der Waals surface area contributed by atoms with Crippen LogP contribution in [0.2, 0.25) is 0 Å². The number of benzene rings is 8. The monoisotopic (exact) mass is 804 g/mol. The summed E-state index contributed by atoms with van der Waals surface area (Å²) >= 11 is 0. The summed E-state index contributed by atoms with van der Waals surface area (Å²) in [7, 11) is 3.02. The van der Waals surface area contributed by atoms with Crippen molar-refractivity contribution >= 4 is 88.2 Å². The van der Waals surface area contributed by atoms with Crippen molar-refractivity contribution in [2.24, 2.45) is 5.41 Å². The highest BCUT2D eigenvalue weighted by Gasteiger charge is 2.89. The molecule has 1 spiro atoms. The Morgan fingerprint density at radius 1 is 0.694 bits per heavy atom. The lowest BCUT2D eigenvalue weighted by Gasteiger charge is -2.32. The van der Waals surface area contributed by atoms with Crippen LogP contribution in [0.25, 0.3) is 76.3 Å². The van der Waals surface area contributed by atoms with Crippen LogP contribution in [0.3, 0.4) is 0 Å². The number of rotatable bonds is 12. The molecule has 6 aliphatic carbocycles. The first-order chi connectivity index (χ1) is 30.3. The molecule has 300 valence electrons. The van der Waals surface area contributed by atoms with Gasteiger partial charge >= 0.3 is 11.9 Å². The fourth-order valence-corrected chi connectivity index (χ4v) is 15.8. The Balaban J connectivity index is 1.09. The first-order valence-corrected chi connectivity index (χ1v) is 22.8. The van der Waals surface area contributed by atoms with Gasteiger partial charge in [0.2, 0.25) is 0 Å². The van der Waals surface area contributed by atoms with Gasteiger partial charge in [0.05, 0.1) is 14.2 Å². The summed E-state index contributed by atoms with van der Waals surface area (Å²) in [6, 6.07) is 32.5. The fraction of sp³-hybridized carbons (Fsp3) is 0.276. The van der Waals surface area contributed by atoms with Crippen LogP contribution in [0.4, 0.5) is 0 Å². The number of hydrogen-bond acceptors (Lipinski definition) is 4. The first kappa shape index (κ1) is 34.3. The maximum absolute atomic E-state index is 12.9. The van der Waals surface area contributed by atoms with Gasteiger partial charge in [0.25, 0.3) is 0 Å². The van der Waals surface area contributed by atoms with E-state index < -0.39 is 0 Å². The zero-order valence-corrected chi connectivity index (χ0v) is 35.3. The highest BCUT2D eigenvalue weighted by atomic mass is 16.5. The lowest BCUT2D eigenvalue weighted by Crippen LogP contribution is -2.26. The third-order valence-corrected chi connectivity index (χ3v) is 17.8. The highest BCUT2D eigenvalue weighted by molar-refractivity contribution is 6.52. The van der Waals surface area contributed by atoms with Crippen LogP contribution in [-0.4, -0.2) is 26.2 Å². The van der Waals surface area contributed by atoms with Crippen molar-refractivity contribution in [2.45, 2.75) is 81.0 Å². The fourth-order valence-electron chi connectivity index (χ4n) is 15.8. The number of methoxy groups -OCH3 is 2. The van der Waals surface area contributed by atoms with E-state index in [0.29, 0.717) is 12.8 Å². The molecule has 0 heterocycles. The van der Waals surface area contributed by atoms with Crippen LogP contribution < -0.4 is 0 Å². The van der Waals surface area contributed by atoms with Crippen LogP contribution in [0, 0.1) is 5.41 Å². The summed E-state index contributed by atoms with van der Waals surface area (Å²) in [5.41, 5.74) is 15.2. The van der Waals surface area contributed by atoms with E-state index in [1.165, 1.54) is 129 Å². The summed E-state index contributed by atoms with van der Waals surface area (Å²) in [4.78, 5) is 25.4. The number of allylic oxidation sites excluding steroid dienone is 3. The van der Waals surface area contributed by atoms with Crippen LogP contribution in [0.15, 0.2) is 97.1 Å². The molecule has 62 heavy (non-hydrogen) atoms. The predicted octanol–water partition coefficient (Wildman–Crippen LogP) is 12.5. The molecule has 4 atom stereocenters. The number of carbonyl (C=O) groups excluding carboxylic acids is 2. The minimum Gasteiger partial charge on any atom is -0.469 e. The molecule has 0 N–H and O–H groups in total. The van der Waals surface area contributed by atoms with Crippen molar-refractivity contribution in [3.05, 3.63) is 153 Å². The third-order valence-electron chi connectivity index (χ3n) is 17.8. The molecule has 1 saturated carbocycles. The summed E-state index contributed by atoms with van der Waals surface area (Å²) in [6.07, 6.45) is 14.8. The van der Waals surface area contributed by atoms with E-state index in [9.17, 15) is 9.59 Å². The topological polar surface area (TPSA) is 52.6 Å². The zero-order valence-electron chi connectivity index (χ0n) is 35.3.